The SMILES string of the molecule is COC(=O)[C@]1(C)CCC[C@]2(C)[C@@H]3C[C@@H]4C(C(C)C)=C[C@]3(CC[C@@H]21)[C@H]1C(=O)C=CC(=O)[C@H]41. The molecule has 31 heavy (non-hydrogen) atoms. The minimum Gasteiger partial charge on any atom is -0.469 e. The molecule has 4 nitrogen and oxygen atoms in total. The van der Waals surface area contributed by atoms with Gasteiger partial charge in [-0.2, -0.15) is 0 Å². The summed E-state index contributed by atoms with van der Waals surface area (Å²) < 4.78 is 5.29. The number of hydrogen-bond donors (Lipinski definition) is 0. The molecule has 168 valence electrons. The molecule has 0 aromatic heterocycles. The summed E-state index contributed by atoms with van der Waals surface area (Å²) in [6, 6.07) is 0. The van der Waals surface area contributed by atoms with E-state index in [1.807, 2.05) is 0 Å². The molecule has 3 saturated carbocycles. The molecule has 6 rings (SSSR count). The minimum atomic E-state index is -0.462. The average Bonchev–Trinajstić information content (AvgIpc) is 2.74. The van der Waals surface area contributed by atoms with Gasteiger partial charge in [-0.25, -0.2) is 0 Å². The number of hydrogen-bond acceptors (Lipinski definition) is 4. The maximum Gasteiger partial charge on any atom is 0.311 e. The zero-order valence-electron chi connectivity index (χ0n) is 19.6. The largest absolute Gasteiger partial charge is 0.469 e. The van der Waals surface area contributed by atoms with Gasteiger partial charge in [0.2, 0.25) is 0 Å². The van der Waals surface area contributed by atoms with Crippen molar-refractivity contribution in [3.05, 3.63) is 23.8 Å². The number of carbonyl (C=O) groups is 3. The predicted octanol–water partition coefficient (Wildman–Crippen LogP) is 4.92. The Labute approximate surface area is 185 Å². The van der Waals surface area contributed by atoms with Gasteiger partial charge in [-0.1, -0.05) is 38.8 Å². The number of ketones is 2. The van der Waals surface area contributed by atoms with Crippen LogP contribution in [0.25, 0.3) is 0 Å². The predicted molar refractivity (Wildman–Crippen MR) is 118 cm³/mol. The van der Waals surface area contributed by atoms with Crippen LogP contribution < -0.4 is 0 Å². The van der Waals surface area contributed by atoms with Crippen LogP contribution in [0.15, 0.2) is 23.8 Å². The second-order valence-corrected chi connectivity index (χ2v) is 11.8. The molecule has 3 fully saturated rings. The Morgan fingerprint density at radius 2 is 1.77 bits per heavy atom. The first kappa shape index (κ1) is 21.2. The molecule has 1 spiro atoms. The molecule has 6 aliphatic carbocycles. The van der Waals surface area contributed by atoms with Crippen molar-refractivity contribution in [2.45, 2.75) is 66.2 Å². The normalized spacial score (nSPS) is 48.1. The second kappa shape index (κ2) is 6.65. The quantitative estimate of drug-likeness (QED) is 0.466. The Morgan fingerprint density at radius 1 is 1.06 bits per heavy atom. The van der Waals surface area contributed by atoms with E-state index in [1.165, 1.54) is 18.8 Å². The van der Waals surface area contributed by atoms with Gasteiger partial charge in [-0.15, -0.1) is 0 Å². The van der Waals surface area contributed by atoms with Gasteiger partial charge in [0.25, 0.3) is 0 Å². The molecule has 0 aromatic carbocycles. The minimum absolute atomic E-state index is 0.0217. The summed E-state index contributed by atoms with van der Waals surface area (Å²) in [5.74, 6) is 0.932. The monoisotopic (exact) mass is 424 g/mol. The van der Waals surface area contributed by atoms with Crippen LogP contribution in [0, 0.1) is 51.8 Å². The molecule has 4 heteroatoms. The van der Waals surface area contributed by atoms with Crippen LogP contribution in [-0.2, 0) is 19.1 Å². The molecule has 0 saturated heterocycles. The van der Waals surface area contributed by atoms with E-state index in [2.05, 4.69) is 33.8 Å². The van der Waals surface area contributed by atoms with Gasteiger partial charge in [0, 0.05) is 17.3 Å². The van der Waals surface area contributed by atoms with Crippen LogP contribution in [0.4, 0.5) is 0 Å². The summed E-state index contributed by atoms with van der Waals surface area (Å²) in [5, 5.41) is 0. The highest BCUT2D eigenvalue weighted by atomic mass is 16.5. The van der Waals surface area contributed by atoms with E-state index < -0.39 is 5.41 Å². The molecule has 2 bridgehead atoms. The number of ether oxygens (including phenoxy) is 1. The Morgan fingerprint density at radius 3 is 2.45 bits per heavy atom. The first-order valence-corrected chi connectivity index (χ1v) is 12.2. The van der Waals surface area contributed by atoms with Crippen LogP contribution in [-0.4, -0.2) is 24.6 Å². The van der Waals surface area contributed by atoms with Gasteiger partial charge >= 0.3 is 5.97 Å². The van der Waals surface area contributed by atoms with E-state index >= 15 is 0 Å². The number of esters is 1. The topological polar surface area (TPSA) is 60.4 Å². The van der Waals surface area contributed by atoms with Gasteiger partial charge < -0.3 is 4.74 Å². The van der Waals surface area contributed by atoms with Crippen molar-refractivity contribution in [2.75, 3.05) is 7.11 Å². The Kier molecular flexibility index (Phi) is 4.54. The van der Waals surface area contributed by atoms with E-state index in [0.717, 1.165) is 38.5 Å². The zero-order valence-corrected chi connectivity index (χ0v) is 19.6. The smallest absolute Gasteiger partial charge is 0.311 e. The third-order valence-electron chi connectivity index (χ3n) is 10.4. The van der Waals surface area contributed by atoms with Crippen LogP contribution in [0.3, 0.4) is 0 Å². The lowest BCUT2D eigenvalue weighted by Gasteiger charge is -2.69. The molecule has 6 aliphatic rings. The number of fused-ring (bicyclic) bond motifs is 1. The fraction of sp³-hybridized carbons (Fsp3) is 0.741. The number of carbonyl (C=O) groups excluding carboxylic acids is 3. The van der Waals surface area contributed by atoms with Crippen molar-refractivity contribution in [2.24, 2.45) is 51.8 Å². The molecule has 8 atom stereocenters. The lowest BCUT2D eigenvalue weighted by Crippen LogP contribution is -2.66. The maximum atomic E-state index is 13.3. The number of allylic oxidation sites excluding steroid dienone is 4. The lowest BCUT2D eigenvalue weighted by molar-refractivity contribution is -0.199. The highest BCUT2D eigenvalue weighted by Gasteiger charge is 2.70. The van der Waals surface area contributed by atoms with Gasteiger partial charge in [0.1, 0.15) is 0 Å². The second-order valence-electron chi connectivity index (χ2n) is 11.8. The van der Waals surface area contributed by atoms with Crippen molar-refractivity contribution in [3.63, 3.8) is 0 Å². The molecule has 0 amide bonds. The third kappa shape index (κ3) is 2.51. The van der Waals surface area contributed by atoms with Crippen molar-refractivity contribution >= 4 is 17.5 Å². The Balaban J connectivity index is 1.66. The Bertz CT molecular complexity index is 912. The fourth-order valence-corrected chi connectivity index (χ4v) is 9.27. The van der Waals surface area contributed by atoms with Crippen molar-refractivity contribution in [1.82, 2.24) is 0 Å². The Hall–Kier alpha value is -1.71. The molecular formula is C27H36O4. The van der Waals surface area contributed by atoms with Gasteiger partial charge in [0.15, 0.2) is 11.6 Å². The first-order valence-electron chi connectivity index (χ1n) is 12.2. The standard InChI is InChI=1S/C27H36O4/c1-15(2)17-14-27-12-9-20-25(3,10-6-11-26(20,4)24(30)31-5)21(27)13-16(17)22-18(28)7-8-19(29)23(22)27/h7-8,14-16,20-23H,6,9-13H2,1-5H3/t16-,20+,21+,22+,23+,25+,26-,27+/m1/s1. The number of rotatable bonds is 2. The van der Waals surface area contributed by atoms with Gasteiger partial charge in [0.05, 0.1) is 12.5 Å². The number of methoxy groups -OCH3 is 1. The van der Waals surface area contributed by atoms with Crippen molar-refractivity contribution in [1.29, 1.82) is 0 Å². The average molecular weight is 425 g/mol. The summed E-state index contributed by atoms with van der Waals surface area (Å²) >= 11 is 0. The van der Waals surface area contributed by atoms with Crippen LogP contribution >= 0.6 is 0 Å². The van der Waals surface area contributed by atoms with E-state index in [-0.39, 0.29) is 52.0 Å². The lowest BCUT2D eigenvalue weighted by atomic mass is 9.33. The van der Waals surface area contributed by atoms with Crippen LogP contribution in [0.1, 0.15) is 66.2 Å². The summed E-state index contributed by atoms with van der Waals surface area (Å²) in [4.78, 5) is 39.3. The first-order chi connectivity index (χ1) is 14.6. The summed E-state index contributed by atoms with van der Waals surface area (Å²) in [6.07, 6.45) is 11.3. The molecule has 0 aromatic rings. The molecule has 0 heterocycles. The van der Waals surface area contributed by atoms with Crippen LogP contribution in [0.5, 0.6) is 0 Å². The maximum absolute atomic E-state index is 13.3. The van der Waals surface area contributed by atoms with E-state index in [9.17, 15) is 14.4 Å². The van der Waals surface area contributed by atoms with E-state index in [1.54, 1.807) is 6.08 Å². The molecule has 0 unspecified atom stereocenters. The summed E-state index contributed by atoms with van der Waals surface area (Å²) in [5.41, 5.74) is 0.654. The van der Waals surface area contributed by atoms with E-state index in [0.29, 0.717) is 11.8 Å². The van der Waals surface area contributed by atoms with Gasteiger partial charge in [-0.3, -0.25) is 14.4 Å². The van der Waals surface area contributed by atoms with Crippen molar-refractivity contribution < 1.29 is 19.1 Å². The third-order valence-corrected chi connectivity index (χ3v) is 10.4. The zero-order chi connectivity index (χ0) is 22.3. The molecule has 0 N–H and O–H groups in total. The highest BCUT2D eigenvalue weighted by Crippen LogP contribution is 2.74. The molecule has 0 radical (unpaired) electrons. The highest BCUT2D eigenvalue weighted by molar-refractivity contribution is 6.08. The molecular weight excluding hydrogens is 388 g/mol. The fourth-order valence-electron chi connectivity index (χ4n) is 9.27. The van der Waals surface area contributed by atoms with Crippen LogP contribution in [0.2, 0.25) is 0 Å². The summed E-state index contributed by atoms with van der Waals surface area (Å²) in [6.45, 7) is 8.93. The van der Waals surface area contributed by atoms with E-state index in [4.69, 9.17) is 4.74 Å². The van der Waals surface area contributed by atoms with Gasteiger partial charge in [-0.05, 0) is 80.3 Å². The molecule has 0 aliphatic heterocycles. The summed E-state index contributed by atoms with van der Waals surface area (Å²) in [7, 11) is 1.51. The van der Waals surface area contributed by atoms with Crippen molar-refractivity contribution in [3.8, 4) is 0 Å².